The lowest BCUT2D eigenvalue weighted by molar-refractivity contribution is -0.120. The SMILES string of the molecule is CC(C)NC(=O)CNCC1CN(C)CCN1C. The van der Waals surface area contributed by atoms with Gasteiger partial charge in [0.15, 0.2) is 0 Å². The Morgan fingerprint density at radius 2 is 2.06 bits per heavy atom. The molecule has 1 aliphatic heterocycles. The molecule has 5 heteroatoms. The third-order valence-corrected chi connectivity index (χ3v) is 3.10. The van der Waals surface area contributed by atoms with Crippen LogP contribution >= 0.6 is 0 Å². The number of carbonyl (C=O) groups is 1. The second-order valence-electron chi connectivity index (χ2n) is 5.25. The number of amides is 1. The molecule has 1 rings (SSSR count). The van der Waals surface area contributed by atoms with Crippen molar-refractivity contribution in [3.05, 3.63) is 0 Å². The lowest BCUT2D eigenvalue weighted by Crippen LogP contribution is -2.54. The second-order valence-corrected chi connectivity index (χ2v) is 5.25. The minimum absolute atomic E-state index is 0.0758. The summed E-state index contributed by atoms with van der Waals surface area (Å²) in [7, 11) is 4.29. The molecule has 0 radical (unpaired) electrons. The van der Waals surface area contributed by atoms with Crippen molar-refractivity contribution in [1.29, 1.82) is 0 Å². The van der Waals surface area contributed by atoms with Gasteiger partial charge in [0.1, 0.15) is 0 Å². The Morgan fingerprint density at radius 1 is 1.35 bits per heavy atom. The predicted octanol–water partition coefficient (Wildman–Crippen LogP) is -0.654. The fourth-order valence-corrected chi connectivity index (χ4v) is 2.05. The Kier molecular flexibility index (Phi) is 5.88. The Hall–Kier alpha value is -0.650. The molecule has 0 aromatic rings. The third kappa shape index (κ3) is 5.48. The first kappa shape index (κ1) is 14.4. The number of rotatable bonds is 5. The molecule has 0 bridgehead atoms. The quantitative estimate of drug-likeness (QED) is 0.672. The highest BCUT2D eigenvalue weighted by atomic mass is 16.1. The van der Waals surface area contributed by atoms with Crippen molar-refractivity contribution in [1.82, 2.24) is 20.4 Å². The van der Waals surface area contributed by atoms with Gasteiger partial charge in [-0.1, -0.05) is 0 Å². The lowest BCUT2D eigenvalue weighted by atomic mass is 10.2. The van der Waals surface area contributed by atoms with E-state index in [0.717, 1.165) is 26.2 Å². The van der Waals surface area contributed by atoms with E-state index >= 15 is 0 Å². The molecule has 1 atom stereocenters. The highest BCUT2D eigenvalue weighted by Gasteiger charge is 2.21. The standard InChI is InChI=1S/C12H26N4O/c1-10(2)14-12(17)8-13-7-11-9-15(3)5-6-16(11)4/h10-11,13H,5-9H2,1-4H3,(H,14,17). The van der Waals surface area contributed by atoms with E-state index in [9.17, 15) is 4.79 Å². The molecule has 1 saturated heterocycles. The van der Waals surface area contributed by atoms with Crippen LogP contribution in [0.25, 0.3) is 0 Å². The summed E-state index contributed by atoms with van der Waals surface area (Å²) >= 11 is 0. The number of likely N-dealkylation sites (N-methyl/N-ethyl adjacent to an activating group) is 2. The molecule has 1 aliphatic rings. The van der Waals surface area contributed by atoms with Gasteiger partial charge in [0.05, 0.1) is 6.54 Å². The van der Waals surface area contributed by atoms with Gasteiger partial charge in [0.25, 0.3) is 0 Å². The molecular formula is C12H26N4O. The highest BCUT2D eigenvalue weighted by Crippen LogP contribution is 2.04. The lowest BCUT2D eigenvalue weighted by Gasteiger charge is -2.37. The van der Waals surface area contributed by atoms with Gasteiger partial charge in [-0.2, -0.15) is 0 Å². The second kappa shape index (κ2) is 6.93. The van der Waals surface area contributed by atoms with Gasteiger partial charge in [-0.3, -0.25) is 9.69 Å². The van der Waals surface area contributed by atoms with Crippen LogP contribution in [0, 0.1) is 0 Å². The van der Waals surface area contributed by atoms with E-state index < -0.39 is 0 Å². The van der Waals surface area contributed by atoms with E-state index in [1.165, 1.54) is 0 Å². The summed E-state index contributed by atoms with van der Waals surface area (Å²) in [6.07, 6.45) is 0. The van der Waals surface area contributed by atoms with E-state index in [-0.39, 0.29) is 11.9 Å². The van der Waals surface area contributed by atoms with Crippen molar-refractivity contribution < 1.29 is 4.79 Å². The van der Waals surface area contributed by atoms with Crippen LogP contribution in [0.5, 0.6) is 0 Å². The van der Waals surface area contributed by atoms with Gasteiger partial charge in [-0.05, 0) is 27.9 Å². The van der Waals surface area contributed by atoms with E-state index in [1.807, 2.05) is 13.8 Å². The summed E-state index contributed by atoms with van der Waals surface area (Å²) in [6, 6.07) is 0.716. The van der Waals surface area contributed by atoms with Crippen LogP contribution < -0.4 is 10.6 Å². The maximum Gasteiger partial charge on any atom is 0.234 e. The van der Waals surface area contributed by atoms with Gasteiger partial charge < -0.3 is 15.5 Å². The van der Waals surface area contributed by atoms with Gasteiger partial charge in [-0.25, -0.2) is 0 Å². The fraction of sp³-hybridized carbons (Fsp3) is 0.917. The Morgan fingerprint density at radius 3 is 2.71 bits per heavy atom. The van der Waals surface area contributed by atoms with Crippen molar-refractivity contribution in [2.75, 3.05) is 46.8 Å². The van der Waals surface area contributed by atoms with Crippen molar-refractivity contribution in [2.45, 2.75) is 25.9 Å². The Balaban J connectivity index is 2.19. The van der Waals surface area contributed by atoms with E-state index in [0.29, 0.717) is 12.6 Å². The Bertz CT molecular complexity index is 245. The molecule has 0 saturated carbocycles. The normalized spacial score (nSPS) is 23.0. The van der Waals surface area contributed by atoms with Crippen molar-refractivity contribution in [2.24, 2.45) is 0 Å². The zero-order valence-corrected chi connectivity index (χ0v) is 11.5. The minimum atomic E-state index is 0.0758. The molecule has 1 unspecified atom stereocenters. The van der Waals surface area contributed by atoms with Crippen LogP contribution in [0.1, 0.15) is 13.8 Å². The number of piperazine rings is 1. The summed E-state index contributed by atoms with van der Waals surface area (Å²) in [5.41, 5.74) is 0. The summed E-state index contributed by atoms with van der Waals surface area (Å²) < 4.78 is 0. The monoisotopic (exact) mass is 242 g/mol. The average molecular weight is 242 g/mol. The topological polar surface area (TPSA) is 47.6 Å². The number of nitrogens with one attached hydrogen (secondary N) is 2. The maximum absolute atomic E-state index is 11.4. The van der Waals surface area contributed by atoms with Gasteiger partial charge in [0, 0.05) is 38.3 Å². The molecule has 1 amide bonds. The van der Waals surface area contributed by atoms with Crippen LogP contribution in [0.4, 0.5) is 0 Å². The average Bonchev–Trinajstić information content (AvgIpc) is 2.22. The maximum atomic E-state index is 11.4. The van der Waals surface area contributed by atoms with Gasteiger partial charge in [0.2, 0.25) is 5.91 Å². The molecule has 0 aromatic carbocycles. The van der Waals surface area contributed by atoms with Crippen LogP contribution in [0.3, 0.4) is 0 Å². The number of hydrogen-bond donors (Lipinski definition) is 2. The highest BCUT2D eigenvalue weighted by molar-refractivity contribution is 5.78. The van der Waals surface area contributed by atoms with E-state index in [2.05, 4.69) is 34.5 Å². The fourth-order valence-electron chi connectivity index (χ4n) is 2.05. The molecule has 1 heterocycles. The molecule has 2 N–H and O–H groups in total. The van der Waals surface area contributed by atoms with Crippen molar-refractivity contribution in [3.63, 3.8) is 0 Å². The van der Waals surface area contributed by atoms with Gasteiger partial charge in [-0.15, -0.1) is 0 Å². The number of carbonyl (C=O) groups excluding carboxylic acids is 1. The van der Waals surface area contributed by atoms with Gasteiger partial charge >= 0.3 is 0 Å². The van der Waals surface area contributed by atoms with E-state index in [1.54, 1.807) is 0 Å². The van der Waals surface area contributed by atoms with Crippen LogP contribution in [0.15, 0.2) is 0 Å². The molecular weight excluding hydrogens is 216 g/mol. The summed E-state index contributed by atoms with van der Waals surface area (Å²) in [5, 5.41) is 6.11. The zero-order valence-electron chi connectivity index (χ0n) is 11.5. The van der Waals surface area contributed by atoms with Crippen molar-refractivity contribution in [3.8, 4) is 0 Å². The third-order valence-electron chi connectivity index (χ3n) is 3.10. The van der Waals surface area contributed by atoms with E-state index in [4.69, 9.17) is 0 Å². The molecule has 1 fully saturated rings. The largest absolute Gasteiger partial charge is 0.353 e. The predicted molar refractivity (Wildman–Crippen MR) is 70.1 cm³/mol. The first-order valence-electron chi connectivity index (χ1n) is 6.38. The van der Waals surface area contributed by atoms with Crippen molar-refractivity contribution >= 4 is 5.91 Å². The molecule has 5 nitrogen and oxygen atoms in total. The smallest absolute Gasteiger partial charge is 0.234 e. The molecule has 100 valence electrons. The summed E-state index contributed by atoms with van der Waals surface area (Å²) in [6.45, 7) is 8.51. The zero-order chi connectivity index (χ0) is 12.8. The molecule has 0 aromatic heterocycles. The molecule has 0 spiro atoms. The summed E-state index contributed by atoms with van der Waals surface area (Å²) in [4.78, 5) is 16.1. The minimum Gasteiger partial charge on any atom is -0.353 e. The summed E-state index contributed by atoms with van der Waals surface area (Å²) in [5.74, 6) is 0.0758. The first-order chi connectivity index (χ1) is 7.99. The number of hydrogen-bond acceptors (Lipinski definition) is 4. The van der Waals surface area contributed by atoms with Crippen LogP contribution in [-0.4, -0.2) is 74.6 Å². The molecule has 17 heavy (non-hydrogen) atoms. The first-order valence-corrected chi connectivity index (χ1v) is 6.38. The van der Waals surface area contributed by atoms with Crippen LogP contribution in [0.2, 0.25) is 0 Å². The molecule has 0 aliphatic carbocycles. The van der Waals surface area contributed by atoms with Crippen LogP contribution in [-0.2, 0) is 4.79 Å². The Labute approximate surface area is 105 Å². The number of nitrogens with zero attached hydrogens (tertiary/aromatic N) is 2.